The number of carbonyl (C=O) groups is 2. The summed E-state index contributed by atoms with van der Waals surface area (Å²) in [6.07, 6.45) is 5.96. The molecule has 0 N–H and O–H groups in total. The van der Waals surface area contributed by atoms with Crippen molar-refractivity contribution in [2.75, 3.05) is 31.1 Å². The van der Waals surface area contributed by atoms with Crippen molar-refractivity contribution in [3.05, 3.63) is 66.2 Å². The molecule has 31 heavy (non-hydrogen) atoms. The molecule has 2 aromatic rings. The van der Waals surface area contributed by atoms with Gasteiger partial charge in [-0.2, -0.15) is 0 Å². The van der Waals surface area contributed by atoms with Gasteiger partial charge in [-0.3, -0.25) is 9.59 Å². The van der Waals surface area contributed by atoms with E-state index in [0.29, 0.717) is 19.6 Å². The molecule has 0 radical (unpaired) electrons. The molecular formula is C26H30N2O3. The van der Waals surface area contributed by atoms with Gasteiger partial charge in [0.1, 0.15) is 12.2 Å². The predicted molar refractivity (Wildman–Crippen MR) is 120 cm³/mol. The number of benzene rings is 2. The molecule has 2 aliphatic heterocycles. The molecule has 2 amide bonds. The van der Waals surface area contributed by atoms with Gasteiger partial charge >= 0.3 is 0 Å². The van der Waals surface area contributed by atoms with E-state index in [1.165, 1.54) is 6.42 Å². The topological polar surface area (TPSA) is 49.9 Å². The Morgan fingerprint density at radius 1 is 0.839 bits per heavy atom. The molecule has 1 atom stereocenters. The van der Waals surface area contributed by atoms with Gasteiger partial charge in [0.25, 0.3) is 5.91 Å². The van der Waals surface area contributed by atoms with Crippen molar-refractivity contribution in [3.8, 4) is 0 Å². The molecule has 1 spiro atoms. The Labute approximate surface area is 184 Å². The van der Waals surface area contributed by atoms with Crippen LogP contribution in [0.4, 0.5) is 5.69 Å². The number of morpholine rings is 1. The summed E-state index contributed by atoms with van der Waals surface area (Å²) in [5.41, 5.74) is 1.14. The number of likely N-dealkylation sites (tertiary alicyclic amines) is 1. The first-order valence-electron chi connectivity index (χ1n) is 11.5. The fourth-order valence-electron chi connectivity index (χ4n) is 5.66. The minimum atomic E-state index is -0.480. The lowest BCUT2D eigenvalue weighted by molar-refractivity contribution is -0.142. The Balaban J connectivity index is 1.38. The van der Waals surface area contributed by atoms with Gasteiger partial charge in [0, 0.05) is 12.2 Å². The van der Waals surface area contributed by atoms with Crippen molar-refractivity contribution in [2.24, 2.45) is 0 Å². The second-order valence-electron chi connectivity index (χ2n) is 9.27. The van der Waals surface area contributed by atoms with Crippen molar-refractivity contribution in [3.63, 3.8) is 0 Å². The summed E-state index contributed by atoms with van der Waals surface area (Å²) in [5.74, 6) is 0.219. The third-order valence-electron chi connectivity index (χ3n) is 7.36. The summed E-state index contributed by atoms with van der Waals surface area (Å²) in [5, 5.41) is 0. The Kier molecular flexibility index (Phi) is 5.30. The van der Waals surface area contributed by atoms with Gasteiger partial charge < -0.3 is 14.5 Å². The lowest BCUT2D eigenvalue weighted by Gasteiger charge is -2.42. The van der Waals surface area contributed by atoms with E-state index in [1.807, 2.05) is 58.3 Å². The lowest BCUT2D eigenvalue weighted by atomic mass is 9.68. The van der Waals surface area contributed by atoms with E-state index in [0.717, 1.165) is 43.4 Å². The van der Waals surface area contributed by atoms with Crippen molar-refractivity contribution in [1.82, 2.24) is 4.90 Å². The van der Waals surface area contributed by atoms with E-state index in [4.69, 9.17) is 4.74 Å². The van der Waals surface area contributed by atoms with E-state index in [1.54, 1.807) is 0 Å². The van der Waals surface area contributed by atoms with Gasteiger partial charge in [-0.1, -0.05) is 67.8 Å². The van der Waals surface area contributed by atoms with Gasteiger partial charge in [-0.05, 0) is 37.0 Å². The van der Waals surface area contributed by atoms with Crippen molar-refractivity contribution in [2.45, 2.75) is 49.5 Å². The zero-order valence-electron chi connectivity index (χ0n) is 18.0. The molecule has 3 aliphatic rings. The van der Waals surface area contributed by atoms with Crippen LogP contribution in [0, 0.1) is 0 Å². The highest BCUT2D eigenvalue weighted by Crippen LogP contribution is 2.43. The van der Waals surface area contributed by atoms with Gasteiger partial charge in [-0.15, -0.1) is 0 Å². The summed E-state index contributed by atoms with van der Waals surface area (Å²) in [6, 6.07) is 20.1. The molecule has 5 nitrogen and oxygen atoms in total. The fourth-order valence-corrected chi connectivity index (χ4v) is 5.66. The zero-order valence-corrected chi connectivity index (χ0v) is 18.0. The van der Waals surface area contributed by atoms with Crippen LogP contribution in [0.25, 0.3) is 0 Å². The number of carbonyl (C=O) groups excluding carboxylic acids is 2. The first kappa shape index (κ1) is 20.3. The summed E-state index contributed by atoms with van der Waals surface area (Å²) in [6.45, 7) is 1.81. The molecule has 2 aromatic carbocycles. The van der Waals surface area contributed by atoms with Crippen LogP contribution in [-0.4, -0.2) is 48.6 Å². The standard InChI is InChI=1S/C26H30N2O3/c29-23-18-31-25(20-28(23)22-12-6-2-7-13-22)16-17-27(19-25)24(30)26(14-8-3-9-15-26)21-10-4-1-5-11-21/h1-2,4-7,10-13H,3,8-9,14-20H2/t25-/m0/s1. The third kappa shape index (κ3) is 3.65. The lowest BCUT2D eigenvalue weighted by Crippen LogP contribution is -2.57. The van der Waals surface area contributed by atoms with Crippen LogP contribution in [0.2, 0.25) is 0 Å². The van der Waals surface area contributed by atoms with Crippen LogP contribution in [-0.2, 0) is 19.7 Å². The fraction of sp³-hybridized carbons (Fsp3) is 0.462. The molecule has 1 saturated carbocycles. The summed E-state index contributed by atoms with van der Waals surface area (Å²) < 4.78 is 6.11. The van der Waals surface area contributed by atoms with E-state index in [-0.39, 0.29) is 18.4 Å². The quantitative estimate of drug-likeness (QED) is 0.759. The SMILES string of the molecule is O=C1CO[C@]2(CCN(C(=O)C3(c4ccccc4)CCCCC3)C2)CN1c1ccccc1. The van der Waals surface area contributed by atoms with Gasteiger partial charge in [0.05, 0.1) is 18.5 Å². The molecule has 5 rings (SSSR count). The maximum Gasteiger partial charge on any atom is 0.253 e. The first-order valence-corrected chi connectivity index (χ1v) is 11.5. The van der Waals surface area contributed by atoms with Crippen LogP contribution < -0.4 is 4.90 Å². The van der Waals surface area contributed by atoms with E-state index < -0.39 is 11.0 Å². The highest BCUT2D eigenvalue weighted by Gasteiger charge is 2.51. The average Bonchev–Trinajstić information content (AvgIpc) is 3.25. The smallest absolute Gasteiger partial charge is 0.253 e. The summed E-state index contributed by atoms with van der Waals surface area (Å²) in [7, 11) is 0. The van der Waals surface area contributed by atoms with Gasteiger partial charge in [0.2, 0.25) is 5.91 Å². The van der Waals surface area contributed by atoms with Crippen LogP contribution >= 0.6 is 0 Å². The number of hydrogen-bond donors (Lipinski definition) is 0. The Morgan fingerprint density at radius 2 is 1.52 bits per heavy atom. The highest BCUT2D eigenvalue weighted by atomic mass is 16.5. The minimum Gasteiger partial charge on any atom is -0.361 e. The minimum absolute atomic E-state index is 0.0189. The van der Waals surface area contributed by atoms with Gasteiger partial charge in [-0.25, -0.2) is 0 Å². The Hall–Kier alpha value is -2.66. The number of anilines is 1. The predicted octanol–water partition coefficient (Wildman–Crippen LogP) is 3.92. The molecule has 0 aromatic heterocycles. The maximum absolute atomic E-state index is 14.0. The molecule has 162 valence electrons. The normalized spacial score (nSPS) is 25.7. The van der Waals surface area contributed by atoms with Crippen molar-refractivity contribution >= 4 is 17.5 Å². The Bertz CT molecular complexity index is 940. The molecule has 5 heteroatoms. The first-order chi connectivity index (χ1) is 15.1. The highest BCUT2D eigenvalue weighted by molar-refractivity contribution is 5.95. The van der Waals surface area contributed by atoms with E-state index in [9.17, 15) is 9.59 Å². The number of rotatable bonds is 3. The van der Waals surface area contributed by atoms with Crippen molar-refractivity contribution < 1.29 is 14.3 Å². The second-order valence-corrected chi connectivity index (χ2v) is 9.27. The number of hydrogen-bond acceptors (Lipinski definition) is 3. The zero-order chi connectivity index (χ0) is 21.3. The Morgan fingerprint density at radius 3 is 2.23 bits per heavy atom. The number of amides is 2. The number of para-hydroxylation sites is 1. The molecule has 1 aliphatic carbocycles. The molecular weight excluding hydrogens is 388 g/mol. The summed E-state index contributed by atoms with van der Waals surface area (Å²) in [4.78, 5) is 30.3. The maximum atomic E-state index is 14.0. The molecule has 0 unspecified atom stereocenters. The van der Waals surface area contributed by atoms with E-state index >= 15 is 0 Å². The van der Waals surface area contributed by atoms with Crippen LogP contribution in [0.15, 0.2) is 60.7 Å². The van der Waals surface area contributed by atoms with Crippen LogP contribution in [0.1, 0.15) is 44.1 Å². The van der Waals surface area contributed by atoms with Crippen LogP contribution in [0.5, 0.6) is 0 Å². The average molecular weight is 419 g/mol. The third-order valence-corrected chi connectivity index (χ3v) is 7.36. The molecule has 3 fully saturated rings. The molecule has 2 heterocycles. The monoisotopic (exact) mass is 418 g/mol. The van der Waals surface area contributed by atoms with Gasteiger partial charge in [0.15, 0.2) is 0 Å². The summed E-state index contributed by atoms with van der Waals surface area (Å²) >= 11 is 0. The van der Waals surface area contributed by atoms with E-state index in [2.05, 4.69) is 12.1 Å². The van der Waals surface area contributed by atoms with Crippen LogP contribution in [0.3, 0.4) is 0 Å². The van der Waals surface area contributed by atoms with Crippen molar-refractivity contribution in [1.29, 1.82) is 0 Å². The number of nitrogens with zero attached hydrogens (tertiary/aromatic N) is 2. The largest absolute Gasteiger partial charge is 0.361 e. The molecule has 0 bridgehead atoms. The number of ether oxygens (including phenoxy) is 1. The molecule has 2 saturated heterocycles. The second kappa shape index (κ2) is 8.12.